The summed E-state index contributed by atoms with van der Waals surface area (Å²) in [5, 5.41) is 1.87. The van der Waals surface area contributed by atoms with Crippen molar-refractivity contribution < 1.29 is 4.21 Å². The highest BCUT2D eigenvalue weighted by Gasteiger charge is 2.10. The van der Waals surface area contributed by atoms with Gasteiger partial charge in [-0.25, -0.2) is 4.21 Å². The highest BCUT2D eigenvalue weighted by atomic mass is 32.2. The zero-order valence-electron chi connectivity index (χ0n) is 9.47. The Bertz CT molecular complexity index is 364. The first kappa shape index (κ1) is 11.6. The summed E-state index contributed by atoms with van der Waals surface area (Å²) in [5.41, 5.74) is 0. The smallest absolute Gasteiger partial charge is 0.0772 e. The molecule has 1 aromatic carbocycles. The first-order valence-electron chi connectivity index (χ1n) is 6.00. The number of hydrogen-bond donors (Lipinski definition) is 0. The first-order valence-corrected chi connectivity index (χ1v) is 7.21. The van der Waals surface area contributed by atoms with E-state index in [0.29, 0.717) is 5.92 Å². The summed E-state index contributed by atoms with van der Waals surface area (Å²) in [7, 11) is -0.966. The molecule has 0 spiro atoms. The Morgan fingerprint density at radius 3 is 2.44 bits per heavy atom. The number of rotatable bonds is 3. The minimum atomic E-state index is -0.966. The Morgan fingerprint density at radius 1 is 1.06 bits per heavy atom. The van der Waals surface area contributed by atoms with Crippen LogP contribution >= 0.6 is 0 Å². The van der Waals surface area contributed by atoms with Crippen LogP contribution in [0.4, 0.5) is 0 Å². The van der Waals surface area contributed by atoms with Crippen LogP contribution in [0.15, 0.2) is 46.7 Å². The molecule has 1 aliphatic carbocycles. The van der Waals surface area contributed by atoms with Gasteiger partial charge in [0, 0.05) is 10.3 Å². The van der Waals surface area contributed by atoms with Crippen LogP contribution in [0.2, 0.25) is 0 Å². The van der Waals surface area contributed by atoms with Gasteiger partial charge in [0.05, 0.1) is 10.8 Å². The lowest BCUT2D eigenvalue weighted by Gasteiger charge is -2.17. The average Bonchev–Trinajstić information content (AvgIpc) is 2.38. The van der Waals surface area contributed by atoms with Gasteiger partial charge in [-0.1, -0.05) is 43.5 Å². The molecule has 86 valence electrons. The van der Waals surface area contributed by atoms with E-state index in [1.807, 2.05) is 35.7 Å². The summed E-state index contributed by atoms with van der Waals surface area (Å²) in [5.74, 6) is 0.654. The molecule has 0 saturated heterocycles. The molecule has 2 rings (SSSR count). The Balaban J connectivity index is 1.94. The molecule has 1 saturated carbocycles. The summed E-state index contributed by atoms with van der Waals surface area (Å²) >= 11 is 0. The fraction of sp³-hybridized carbons (Fsp3) is 0.429. The van der Waals surface area contributed by atoms with Crippen molar-refractivity contribution in [2.45, 2.75) is 37.0 Å². The Labute approximate surface area is 100 Å². The second kappa shape index (κ2) is 6.00. The zero-order chi connectivity index (χ0) is 11.2. The summed E-state index contributed by atoms with van der Waals surface area (Å²) in [6, 6.07) is 9.65. The maximum absolute atomic E-state index is 11.9. The van der Waals surface area contributed by atoms with Crippen LogP contribution in [0.5, 0.6) is 0 Å². The van der Waals surface area contributed by atoms with Crippen molar-refractivity contribution in [1.29, 1.82) is 0 Å². The van der Waals surface area contributed by atoms with Crippen molar-refractivity contribution in [2.24, 2.45) is 5.92 Å². The van der Waals surface area contributed by atoms with Crippen molar-refractivity contribution in [2.75, 3.05) is 0 Å². The van der Waals surface area contributed by atoms with Gasteiger partial charge < -0.3 is 0 Å². The molecular formula is C14H18OS. The van der Waals surface area contributed by atoms with Crippen molar-refractivity contribution >= 4 is 10.8 Å². The van der Waals surface area contributed by atoms with Gasteiger partial charge in [0.1, 0.15) is 0 Å². The fourth-order valence-electron chi connectivity index (χ4n) is 2.14. The Kier molecular flexibility index (Phi) is 4.34. The minimum Gasteiger partial charge on any atom is -0.250 e. The van der Waals surface area contributed by atoms with Crippen molar-refractivity contribution in [1.82, 2.24) is 0 Å². The third-order valence-corrected chi connectivity index (χ3v) is 4.24. The Morgan fingerprint density at radius 2 is 1.75 bits per heavy atom. The number of benzene rings is 1. The van der Waals surface area contributed by atoms with E-state index in [1.165, 1.54) is 32.1 Å². The van der Waals surface area contributed by atoms with Crippen LogP contribution in [0.25, 0.3) is 0 Å². The van der Waals surface area contributed by atoms with Gasteiger partial charge in [-0.2, -0.15) is 0 Å². The standard InChI is InChI=1S/C14H18OS/c15-16(14-9-5-2-6-10-14)12-11-13-7-3-1-4-8-13/h2,5-6,9-13H,1,3-4,7-8H2. The summed E-state index contributed by atoms with van der Waals surface area (Å²) in [6.45, 7) is 0. The van der Waals surface area contributed by atoms with Crippen LogP contribution in [-0.4, -0.2) is 4.21 Å². The molecule has 16 heavy (non-hydrogen) atoms. The molecule has 0 bridgehead atoms. The molecule has 1 fully saturated rings. The normalized spacial score (nSPS) is 20.0. The van der Waals surface area contributed by atoms with E-state index < -0.39 is 10.8 Å². The largest absolute Gasteiger partial charge is 0.250 e. The van der Waals surface area contributed by atoms with E-state index in [2.05, 4.69) is 6.08 Å². The molecule has 1 aliphatic rings. The van der Waals surface area contributed by atoms with E-state index in [-0.39, 0.29) is 0 Å². The van der Waals surface area contributed by atoms with Crippen LogP contribution in [0.1, 0.15) is 32.1 Å². The van der Waals surface area contributed by atoms with E-state index in [4.69, 9.17) is 0 Å². The van der Waals surface area contributed by atoms with Crippen molar-refractivity contribution in [3.63, 3.8) is 0 Å². The van der Waals surface area contributed by atoms with Crippen molar-refractivity contribution in [3.8, 4) is 0 Å². The fourth-order valence-corrected chi connectivity index (χ4v) is 3.09. The molecule has 1 aromatic rings. The predicted molar refractivity (Wildman–Crippen MR) is 68.6 cm³/mol. The molecule has 0 aromatic heterocycles. The number of hydrogen-bond acceptors (Lipinski definition) is 1. The van der Waals surface area contributed by atoms with E-state index >= 15 is 0 Å². The highest BCUT2D eigenvalue weighted by molar-refractivity contribution is 7.88. The predicted octanol–water partition coefficient (Wildman–Crippen LogP) is 3.89. The lowest BCUT2D eigenvalue weighted by Crippen LogP contribution is -2.02. The molecule has 0 radical (unpaired) electrons. The number of allylic oxidation sites excluding steroid dienone is 1. The summed E-state index contributed by atoms with van der Waals surface area (Å²) in [4.78, 5) is 0.898. The van der Waals surface area contributed by atoms with Crippen LogP contribution in [0, 0.1) is 5.92 Å². The van der Waals surface area contributed by atoms with Gasteiger partial charge in [0.25, 0.3) is 0 Å². The molecule has 1 nitrogen and oxygen atoms in total. The van der Waals surface area contributed by atoms with E-state index in [0.717, 1.165) is 4.90 Å². The van der Waals surface area contributed by atoms with Crippen LogP contribution in [0.3, 0.4) is 0 Å². The molecule has 0 aliphatic heterocycles. The second-order valence-electron chi connectivity index (χ2n) is 4.34. The minimum absolute atomic E-state index is 0.654. The molecule has 2 heteroatoms. The second-order valence-corrected chi connectivity index (χ2v) is 5.68. The summed E-state index contributed by atoms with van der Waals surface area (Å²) < 4.78 is 11.9. The molecule has 1 atom stereocenters. The van der Waals surface area contributed by atoms with Crippen LogP contribution in [-0.2, 0) is 10.8 Å². The molecule has 1 unspecified atom stereocenters. The quantitative estimate of drug-likeness (QED) is 0.775. The lowest BCUT2D eigenvalue weighted by atomic mass is 9.90. The lowest BCUT2D eigenvalue weighted by molar-refractivity contribution is 0.419. The Hall–Kier alpha value is -0.890. The topological polar surface area (TPSA) is 17.1 Å². The third-order valence-electron chi connectivity index (χ3n) is 3.10. The highest BCUT2D eigenvalue weighted by Crippen LogP contribution is 2.24. The molecule has 0 N–H and O–H groups in total. The molecular weight excluding hydrogens is 216 g/mol. The van der Waals surface area contributed by atoms with Gasteiger partial charge in [0.15, 0.2) is 0 Å². The average molecular weight is 234 g/mol. The van der Waals surface area contributed by atoms with E-state index in [1.54, 1.807) is 0 Å². The summed E-state index contributed by atoms with van der Waals surface area (Å²) in [6.07, 6.45) is 8.71. The van der Waals surface area contributed by atoms with Gasteiger partial charge in [-0.3, -0.25) is 0 Å². The van der Waals surface area contributed by atoms with Gasteiger partial charge in [-0.05, 0) is 30.9 Å². The van der Waals surface area contributed by atoms with Gasteiger partial charge in [-0.15, -0.1) is 0 Å². The SMILES string of the molecule is O=S(C=CC1CCCCC1)c1ccccc1. The zero-order valence-corrected chi connectivity index (χ0v) is 10.3. The molecule has 0 heterocycles. The van der Waals surface area contributed by atoms with Gasteiger partial charge in [0.2, 0.25) is 0 Å². The molecule has 0 amide bonds. The van der Waals surface area contributed by atoms with E-state index in [9.17, 15) is 4.21 Å². The monoisotopic (exact) mass is 234 g/mol. The third kappa shape index (κ3) is 3.31. The maximum atomic E-state index is 11.9. The van der Waals surface area contributed by atoms with Crippen molar-refractivity contribution in [3.05, 3.63) is 41.8 Å². The van der Waals surface area contributed by atoms with Crippen LogP contribution < -0.4 is 0 Å². The first-order chi connectivity index (χ1) is 7.86. The van der Waals surface area contributed by atoms with Gasteiger partial charge >= 0.3 is 0 Å². The maximum Gasteiger partial charge on any atom is 0.0772 e.